The second-order valence-corrected chi connectivity index (χ2v) is 3.85. The molecular formula is C8H7F9. The van der Waals surface area contributed by atoms with E-state index >= 15 is 0 Å². The van der Waals surface area contributed by atoms with Crippen molar-refractivity contribution in [3.8, 4) is 0 Å². The van der Waals surface area contributed by atoms with Crippen LogP contribution in [0.4, 0.5) is 39.5 Å². The summed E-state index contributed by atoms with van der Waals surface area (Å²) in [4.78, 5) is 0. The van der Waals surface area contributed by atoms with Crippen LogP contribution in [0.15, 0.2) is 0 Å². The predicted octanol–water partition coefficient (Wildman–Crippen LogP) is 4.05. The molecule has 17 heavy (non-hydrogen) atoms. The number of hydrogen-bond donors (Lipinski definition) is 0. The summed E-state index contributed by atoms with van der Waals surface area (Å²) in [7, 11) is 0. The van der Waals surface area contributed by atoms with Crippen molar-refractivity contribution in [1.29, 1.82) is 0 Å². The molecule has 1 aliphatic carbocycles. The van der Waals surface area contributed by atoms with Gasteiger partial charge in [0.25, 0.3) is 0 Å². The van der Waals surface area contributed by atoms with E-state index < -0.39 is 42.2 Å². The van der Waals surface area contributed by atoms with E-state index in [4.69, 9.17) is 0 Å². The Hall–Kier alpha value is -0.630. The van der Waals surface area contributed by atoms with Gasteiger partial charge < -0.3 is 0 Å². The third kappa shape index (κ3) is 1.17. The van der Waals surface area contributed by atoms with Crippen LogP contribution in [-0.4, -0.2) is 29.4 Å². The van der Waals surface area contributed by atoms with Crippen molar-refractivity contribution in [3.63, 3.8) is 0 Å². The summed E-state index contributed by atoms with van der Waals surface area (Å²) in [5.74, 6) is -25.1. The highest BCUT2D eigenvalue weighted by molar-refractivity contribution is 5.26. The van der Waals surface area contributed by atoms with Crippen LogP contribution in [0.5, 0.6) is 0 Å². The Kier molecular flexibility index (Phi) is 2.74. The summed E-state index contributed by atoms with van der Waals surface area (Å²) in [6.07, 6.45) is -2.51. The lowest BCUT2D eigenvalue weighted by atomic mass is 9.92. The van der Waals surface area contributed by atoms with Gasteiger partial charge in [-0.3, -0.25) is 0 Å². The molecule has 0 aromatic carbocycles. The van der Waals surface area contributed by atoms with E-state index in [9.17, 15) is 39.5 Å². The van der Waals surface area contributed by atoms with Crippen LogP contribution >= 0.6 is 0 Å². The molecule has 0 aliphatic heterocycles. The summed E-state index contributed by atoms with van der Waals surface area (Å²) in [5, 5.41) is 0. The van der Waals surface area contributed by atoms with Crippen LogP contribution in [0.1, 0.15) is 19.8 Å². The Morgan fingerprint density at radius 2 is 0.882 bits per heavy atom. The van der Waals surface area contributed by atoms with Crippen LogP contribution in [0.2, 0.25) is 0 Å². The molecule has 0 radical (unpaired) electrons. The Morgan fingerprint density at radius 1 is 0.588 bits per heavy atom. The summed E-state index contributed by atoms with van der Waals surface area (Å²) in [6, 6.07) is 0. The van der Waals surface area contributed by atoms with Gasteiger partial charge in [0.2, 0.25) is 5.67 Å². The van der Waals surface area contributed by atoms with E-state index in [0.717, 1.165) is 6.92 Å². The molecule has 0 amide bonds. The molecule has 0 atom stereocenters. The summed E-state index contributed by atoms with van der Waals surface area (Å²) in [5.41, 5.74) is -5.26. The van der Waals surface area contributed by atoms with Gasteiger partial charge >= 0.3 is 23.7 Å². The molecular weight excluding hydrogens is 267 g/mol. The van der Waals surface area contributed by atoms with Crippen molar-refractivity contribution in [2.24, 2.45) is 0 Å². The van der Waals surface area contributed by atoms with Crippen LogP contribution < -0.4 is 0 Å². The summed E-state index contributed by atoms with van der Waals surface area (Å²) in [6.45, 7) is 0.933. The van der Waals surface area contributed by atoms with Crippen molar-refractivity contribution in [2.75, 3.05) is 0 Å². The van der Waals surface area contributed by atoms with Crippen LogP contribution in [-0.2, 0) is 0 Å². The second-order valence-electron chi connectivity index (χ2n) is 3.85. The van der Waals surface area contributed by atoms with E-state index in [-0.39, 0.29) is 0 Å². The maximum Gasteiger partial charge on any atom is 0.381 e. The average molecular weight is 274 g/mol. The molecule has 0 bridgehead atoms. The van der Waals surface area contributed by atoms with Crippen molar-refractivity contribution < 1.29 is 39.5 Å². The van der Waals surface area contributed by atoms with Crippen LogP contribution in [0, 0.1) is 0 Å². The highest BCUT2D eigenvalue weighted by Crippen LogP contribution is 2.70. The van der Waals surface area contributed by atoms with E-state index in [1.807, 2.05) is 0 Å². The fourth-order valence-corrected chi connectivity index (χ4v) is 1.75. The highest BCUT2D eigenvalue weighted by atomic mass is 19.4. The third-order valence-electron chi connectivity index (χ3n) is 2.77. The Morgan fingerprint density at radius 3 is 1.12 bits per heavy atom. The third-order valence-corrected chi connectivity index (χ3v) is 2.77. The standard InChI is InChI=1S/C8H7F9/c1-2-3-4(9)5(10,11)7(14,15)8(16,17)6(4,12)13/h2-3H2,1H3. The van der Waals surface area contributed by atoms with Gasteiger partial charge in [-0.2, -0.15) is 35.1 Å². The molecule has 1 aliphatic rings. The van der Waals surface area contributed by atoms with E-state index in [1.54, 1.807) is 0 Å². The average Bonchev–Trinajstić information content (AvgIpc) is 2.19. The van der Waals surface area contributed by atoms with E-state index in [2.05, 4.69) is 0 Å². The van der Waals surface area contributed by atoms with Gasteiger partial charge in [0.1, 0.15) is 0 Å². The van der Waals surface area contributed by atoms with Gasteiger partial charge in [-0.05, 0) is 6.42 Å². The lowest BCUT2D eigenvalue weighted by molar-refractivity contribution is -0.303. The van der Waals surface area contributed by atoms with Gasteiger partial charge in [-0.1, -0.05) is 13.3 Å². The first-order chi connectivity index (χ1) is 7.31. The van der Waals surface area contributed by atoms with Gasteiger partial charge in [0.15, 0.2) is 0 Å². The molecule has 102 valence electrons. The quantitative estimate of drug-likeness (QED) is 0.666. The zero-order valence-corrected chi connectivity index (χ0v) is 8.32. The number of alkyl halides is 9. The SMILES string of the molecule is CCCC1(F)C(F)(F)C(F)(F)C(F)(F)C1(F)F. The van der Waals surface area contributed by atoms with Gasteiger partial charge in [0.05, 0.1) is 0 Å². The molecule has 0 aromatic heterocycles. The number of halogens is 9. The van der Waals surface area contributed by atoms with Gasteiger partial charge in [-0.25, -0.2) is 4.39 Å². The zero-order valence-electron chi connectivity index (χ0n) is 8.32. The Bertz CT molecular complexity index is 293. The molecule has 9 heteroatoms. The fraction of sp³-hybridized carbons (Fsp3) is 1.00. The molecule has 0 unspecified atom stereocenters. The van der Waals surface area contributed by atoms with Crippen LogP contribution in [0.25, 0.3) is 0 Å². The van der Waals surface area contributed by atoms with Gasteiger partial charge in [0, 0.05) is 0 Å². The molecule has 0 N–H and O–H groups in total. The van der Waals surface area contributed by atoms with Crippen molar-refractivity contribution in [3.05, 3.63) is 0 Å². The Labute approximate surface area is 89.8 Å². The minimum atomic E-state index is -6.44. The molecule has 0 spiro atoms. The first-order valence-electron chi connectivity index (χ1n) is 4.51. The summed E-state index contributed by atoms with van der Waals surface area (Å²) < 4.78 is 115. The van der Waals surface area contributed by atoms with E-state index in [0.29, 0.717) is 0 Å². The summed E-state index contributed by atoms with van der Waals surface area (Å²) >= 11 is 0. The highest BCUT2D eigenvalue weighted by Gasteiger charge is 2.99. The maximum atomic E-state index is 13.4. The van der Waals surface area contributed by atoms with Crippen LogP contribution in [0.3, 0.4) is 0 Å². The first kappa shape index (κ1) is 14.4. The number of rotatable bonds is 2. The maximum absolute atomic E-state index is 13.4. The molecule has 0 aromatic rings. The monoisotopic (exact) mass is 274 g/mol. The van der Waals surface area contributed by atoms with Gasteiger partial charge in [-0.15, -0.1) is 0 Å². The Balaban J connectivity index is 3.53. The molecule has 0 heterocycles. The lowest BCUT2D eigenvalue weighted by Crippen LogP contribution is -2.54. The smallest absolute Gasteiger partial charge is 0.230 e. The van der Waals surface area contributed by atoms with Crippen molar-refractivity contribution >= 4 is 0 Å². The molecule has 1 saturated carbocycles. The number of hydrogen-bond acceptors (Lipinski definition) is 0. The lowest BCUT2D eigenvalue weighted by Gasteiger charge is -2.30. The molecule has 0 nitrogen and oxygen atoms in total. The predicted molar refractivity (Wildman–Crippen MR) is 38.5 cm³/mol. The van der Waals surface area contributed by atoms with Crippen molar-refractivity contribution in [1.82, 2.24) is 0 Å². The zero-order chi connectivity index (χ0) is 13.9. The second kappa shape index (κ2) is 3.23. The normalized spacial score (nSPS) is 31.4. The minimum absolute atomic E-state index is 0.714. The minimum Gasteiger partial charge on any atom is -0.230 e. The molecule has 1 fully saturated rings. The van der Waals surface area contributed by atoms with Crippen molar-refractivity contribution in [2.45, 2.75) is 49.1 Å². The largest absolute Gasteiger partial charge is 0.381 e. The fourth-order valence-electron chi connectivity index (χ4n) is 1.75. The van der Waals surface area contributed by atoms with E-state index in [1.165, 1.54) is 0 Å². The molecule has 0 saturated heterocycles. The first-order valence-corrected chi connectivity index (χ1v) is 4.51. The topological polar surface area (TPSA) is 0 Å². The molecule has 1 rings (SSSR count).